The van der Waals surface area contributed by atoms with Crippen molar-refractivity contribution in [3.05, 3.63) is 65.9 Å². The maximum atomic E-state index is 5.44. The highest BCUT2D eigenvalue weighted by Crippen LogP contribution is 2.15. The van der Waals surface area contributed by atoms with Gasteiger partial charge in [0.05, 0.1) is 12.2 Å². The third-order valence-corrected chi connectivity index (χ3v) is 3.50. The van der Waals surface area contributed by atoms with Crippen LogP contribution in [0.15, 0.2) is 53.1 Å². The van der Waals surface area contributed by atoms with Crippen LogP contribution in [-0.2, 0) is 19.6 Å². The Hall–Kier alpha value is -2.17. The van der Waals surface area contributed by atoms with Crippen molar-refractivity contribution in [3.8, 4) is 0 Å². The molecule has 0 saturated heterocycles. The smallest absolute Gasteiger partial charge is 0.208 e. The van der Waals surface area contributed by atoms with Gasteiger partial charge in [0.2, 0.25) is 5.89 Å². The number of rotatable bonds is 6. The van der Waals surface area contributed by atoms with Crippen LogP contribution >= 0.6 is 0 Å². The second kappa shape index (κ2) is 6.73. The normalized spacial score (nSPS) is 11.4. The van der Waals surface area contributed by atoms with Crippen molar-refractivity contribution in [2.45, 2.75) is 19.6 Å². The first-order valence-electron chi connectivity index (χ1n) is 7.47. The van der Waals surface area contributed by atoms with E-state index in [1.165, 1.54) is 16.3 Å². The molecule has 4 heteroatoms. The Labute approximate surface area is 130 Å². The Balaban J connectivity index is 1.56. The van der Waals surface area contributed by atoms with Crippen molar-refractivity contribution >= 4 is 10.8 Å². The highest BCUT2D eigenvalue weighted by atomic mass is 16.3. The van der Waals surface area contributed by atoms with Crippen molar-refractivity contribution in [2.75, 3.05) is 14.1 Å². The second-order valence-electron chi connectivity index (χ2n) is 5.76. The van der Waals surface area contributed by atoms with E-state index in [9.17, 15) is 0 Å². The van der Waals surface area contributed by atoms with Gasteiger partial charge in [-0.25, -0.2) is 4.98 Å². The Kier molecular flexibility index (Phi) is 4.51. The van der Waals surface area contributed by atoms with Gasteiger partial charge < -0.3 is 14.6 Å². The molecule has 0 fully saturated rings. The molecule has 0 aliphatic heterocycles. The van der Waals surface area contributed by atoms with Crippen LogP contribution in [0, 0.1) is 0 Å². The van der Waals surface area contributed by atoms with Crippen LogP contribution < -0.4 is 5.32 Å². The molecule has 3 aromatic rings. The molecule has 0 atom stereocenters. The first kappa shape index (κ1) is 14.8. The molecule has 1 heterocycles. The number of hydrogen-bond donors (Lipinski definition) is 1. The molecular weight excluding hydrogens is 274 g/mol. The lowest BCUT2D eigenvalue weighted by Crippen LogP contribution is -2.14. The lowest BCUT2D eigenvalue weighted by Gasteiger charge is -2.05. The summed E-state index contributed by atoms with van der Waals surface area (Å²) in [5, 5.41) is 5.96. The van der Waals surface area contributed by atoms with Crippen LogP contribution in [0.3, 0.4) is 0 Å². The van der Waals surface area contributed by atoms with Crippen molar-refractivity contribution in [1.82, 2.24) is 15.2 Å². The molecule has 0 saturated carbocycles. The van der Waals surface area contributed by atoms with Gasteiger partial charge in [0.1, 0.15) is 6.26 Å². The van der Waals surface area contributed by atoms with E-state index in [1.807, 2.05) is 19.0 Å². The van der Waals surface area contributed by atoms with Gasteiger partial charge in [0, 0.05) is 13.1 Å². The third-order valence-electron chi connectivity index (χ3n) is 3.50. The summed E-state index contributed by atoms with van der Waals surface area (Å²) in [7, 11) is 4.00. The number of nitrogens with zero attached hydrogens (tertiary/aromatic N) is 2. The minimum absolute atomic E-state index is 0.712. The fraction of sp³-hybridized carbons (Fsp3) is 0.278. The largest absolute Gasteiger partial charge is 0.447 e. The number of hydrogen-bond acceptors (Lipinski definition) is 4. The summed E-state index contributed by atoms with van der Waals surface area (Å²) in [6, 6.07) is 15.0. The topological polar surface area (TPSA) is 41.3 Å². The number of oxazole rings is 1. The average Bonchev–Trinajstić information content (AvgIpc) is 2.94. The van der Waals surface area contributed by atoms with Gasteiger partial charge in [-0.2, -0.15) is 0 Å². The summed E-state index contributed by atoms with van der Waals surface area (Å²) < 4.78 is 5.44. The van der Waals surface area contributed by atoms with Gasteiger partial charge in [0.25, 0.3) is 0 Å². The molecule has 22 heavy (non-hydrogen) atoms. The zero-order valence-electron chi connectivity index (χ0n) is 13.0. The van der Waals surface area contributed by atoms with Crippen molar-refractivity contribution in [3.63, 3.8) is 0 Å². The van der Waals surface area contributed by atoms with Crippen LogP contribution in [0.5, 0.6) is 0 Å². The first-order chi connectivity index (χ1) is 10.7. The SMILES string of the molecule is CN(C)Cc1nc(CNCc2ccc3ccccc3c2)co1. The maximum absolute atomic E-state index is 5.44. The van der Waals surface area contributed by atoms with E-state index in [2.05, 4.69) is 52.8 Å². The Bertz CT molecular complexity index is 749. The zero-order valence-corrected chi connectivity index (χ0v) is 13.0. The molecule has 4 nitrogen and oxygen atoms in total. The Morgan fingerprint density at radius 2 is 1.86 bits per heavy atom. The zero-order chi connectivity index (χ0) is 15.4. The Morgan fingerprint density at radius 3 is 2.68 bits per heavy atom. The van der Waals surface area contributed by atoms with Gasteiger partial charge in [-0.05, 0) is 36.5 Å². The maximum Gasteiger partial charge on any atom is 0.208 e. The summed E-state index contributed by atoms with van der Waals surface area (Å²) in [6.07, 6.45) is 1.73. The molecule has 0 aliphatic rings. The molecule has 0 radical (unpaired) electrons. The highest BCUT2D eigenvalue weighted by molar-refractivity contribution is 5.82. The summed E-state index contributed by atoms with van der Waals surface area (Å²) >= 11 is 0. The number of benzene rings is 2. The molecule has 1 aromatic heterocycles. The Morgan fingerprint density at radius 1 is 1.05 bits per heavy atom. The quantitative estimate of drug-likeness (QED) is 0.758. The summed E-state index contributed by atoms with van der Waals surface area (Å²) in [6.45, 7) is 2.26. The first-order valence-corrected chi connectivity index (χ1v) is 7.47. The van der Waals surface area contributed by atoms with Crippen molar-refractivity contribution in [1.29, 1.82) is 0 Å². The lowest BCUT2D eigenvalue weighted by atomic mass is 10.1. The van der Waals surface area contributed by atoms with Gasteiger partial charge in [0.15, 0.2) is 0 Å². The second-order valence-corrected chi connectivity index (χ2v) is 5.76. The molecule has 0 aliphatic carbocycles. The lowest BCUT2D eigenvalue weighted by molar-refractivity contribution is 0.341. The van der Waals surface area contributed by atoms with E-state index >= 15 is 0 Å². The van der Waals surface area contributed by atoms with Crippen LogP contribution in [0.1, 0.15) is 17.1 Å². The fourth-order valence-corrected chi connectivity index (χ4v) is 2.46. The third kappa shape index (κ3) is 3.72. The van der Waals surface area contributed by atoms with E-state index in [4.69, 9.17) is 4.42 Å². The minimum Gasteiger partial charge on any atom is -0.447 e. The van der Waals surface area contributed by atoms with Gasteiger partial charge >= 0.3 is 0 Å². The van der Waals surface area contributed by atoms with Crippen molar-refractivity contribution in [2.24, 2.45) is 0 Å². The number of fused-ring (bicyclic) bond motifs is 1. The fourth-order valence-electron chi connectivity index (χ4n) is 2.46. The average molecular weight is 295 g/mol. The van der Waals surface area contributed by atoms with Gasteiger partial charge in [-0.1, -0.05) is 36.4 Å². The predicted molar refractivity (Wildman–Crippen MR) is 88.4 cm³/mol. The van der Waals surface area contributed by atoms with E-state index in [-0.39, 0.29) is 0 Å². The summed E-state index contributed by atoms with van der Waals surface area (Å²) in [5.74, 6) is 0.757. The molecule has 0 unspecified atom stereocenters. The predicted octanol–water partition coefficient (Wildman–Crippen LogP) is 3.18. The van der Waals surface area contributed by atoms with Crippen LogP contribution in [0.4, 0.5) is 0 Å². The minimum atomic E-state index is 0.712. The van der Waals surface area contributed by atoms with Crippen LogP contribution in [0.25, 0.3) is 10.8 Å². The van der Waals surface area contributed by atoms with E-state index in [1.54, 1.807) is 6.26 Å². The van der Waals surface area contributed by atoms with Crippen LogP contribution in [0.2, 0.25) is 0 Å². The van der Waals surface area contributed by atoms with E-state index in [0.29, 0.717) is 6.54 Å². The monoisotopic (exact) mass is 295 g/mol. The molecule has 0 amide bonds. The summed E-state index contributed by atoms with van der Waals surface area (Å²) in [5.41, 5.74) is 2.22. The molecule has 0 bridgehead atoms. The number of nitrogens with one attached hydrogen (secondary N) is 1. The molecule has 0 spiro atoms. The molecule has 1 N–H and O–H groups in total. The number of aromatic nitrogens is 1. The van der Waals surface area contributed by atoms with Crippen LogP contribution in [-0.4, -0.2) is 24.0 Å². The molecule has 114 valence electrons. The molecule has 2 aromatic carbocycles. The van der Waals surface area contributed by atoms with Gasteiger partial charge in [-0.3, -0.25) is 0 Å². The van der Waals surface area contributed by atoms with E-state index < -0.39 is 0 Å². The molecule has 3 rings (SSSR count). The van der Waals surface area contributed by atoms with E-state index in [0.717, 1.165) is 24.7 Å². The summed E-state index contributed by atoms with van der Waals surface area (Å²) in [4.78, 5) is 6.50. The van der Waals surface area contributed by atoms with Crippen molar-refractivity contribution < 1.29 is 4.42 Å². The standard InChI is InChI=1S/C18H21N3O/c1-21(2)12-18-20-17(13-22-18)11-19-10-14-7-8-15-5-3-4-6-16(15)9-14/h3-9,13,19H,10-12H2,1-2H3. The van der Waals surface area contributed by atoms with Gasteiger partial charge in [-0.15, -0.1) is 0 Å². The molecular formula is C18H21N3O. The highest BCUT2D eigenvalue weighted by Gasteiger charge is 2.04.